The maximum absolute atomic E-state index is 12.9. The van der Waals surface area contributed by atoms with Gasteiger partial charge >= 0.3 is 0 Å². The Bertz CT molecular complexity index is 829. The monoisotopic (exact) mass is 352 g/mol. The fraction of sp³-hybridized carbons (Fsp3) is 0.381. The van der Waals surface area contributed by atoms with Crippen LogP contribution in [0.25, 0.3) is 0 Å². The maximum atomic E-state index is 12.9. The van der Waals surface area contributed by atoms with E-state index < -0.39 is 5.92 Å². The van der Waals surface area contributed by atoms with E-state index in [2.05, 4.69) is 10.3 Å². The number of aromatic nitrogens is 1. The van der Waals surface area contributed by atoms with Crippen LogP contribution in [0.2, 0.25) is 0 Å². The van der Waals surface area contributed by atoms with E-state index in [-0.39, 0.29) is 29.8 Å². The molecule has 1 heterocycles. The molecular weight excluding hydrogens is 328 g/mol. The second kappa shape index (κ2) is 7.28. The molecule has 2 aromatic rings. The fourth-order valence-electron chi connectivity index (χ4n) is 3.98. The highest BCUT2D eigenvalue weighted by Crippen LogP contribution is 2.37. The number of Topliss-reactive ketones (excluding diaryl/α,β-unsaturated/α-hetero) is 2. The number of aromatic amines is 1. The van der Waals surface area contributed by atoms with E-state index in [9.17, 15) is 14.4 Å². The van der Waals surface area contributed by atoms with E-state index >= 15 is 0 Å². The summed E-state index contributed by atoms with van der Waals surface area (Å²) < 4.78 is 0. The molecule has 0 bridgehead atoms. The van der Waals surface area contributed by atoms with Gasteiger partial charge in [-0.25, -0.2) is 0 Å². The zero-order valence-corrected chi connectivity index (χ0v) is 15.4. The van der Waals surface area contributed by atoms with Gasteiger partial charge < -0.3 is 10.3 Å². The molecular formula is C21H24N2O3. The summed E-state index contributed by atoms with van der Waals surface area (Å²) in [6.45, 7) is 6.30. The topological polar surface area (TPSA) is 79.0 Å². The number of rotatable bonds is 5. The minimum absolute atomic E-state index is 0.00857. The van der Waals surface area contributed by atoms with Crippen LogP contribution in [0.5, 0.6) is 0 Å². The molecule has 5 nitrogen and oxygen atoms in total. The van der Waals surface area contributed by atoms with Gasteiger partial charge in [0.05, 0.1) is 0 Å². The van der Waals surface area contributed by atoms with Crippen LogP contribution in [-0.2, 0) is 9.59 Å². The van der Waals surface area contributed by atoms with E-state index in [4.69, 9.17) is 0 Å². The number of benzene rings is 1. The molecule has 26 heavy (non-hydrogen) atoms. The highest BCUT2D eigenvalue weighted by atomic mass is 16.2. The van der Waals surface area contributed by atoms with Gasteiger partial charge in [-0.1, -0.05) is 17.7 Å². The van der Waals surface area contributed by atoms with Crippen molar-refractivity contribution in [1.29, 1.82) is 0 Å². The molecule has 2 atom stereocenters. The maximum Gasteiger partial charge on any atom is 0.267 e. The first kappa shape index (κ1) is 18.1. The van der Waals surface area contributed by atoms with Crippen LogP contribution in [0.3, 0.4) is 0 Å². The van der Waals surface area contributed by atoms with Crippen LogP contribution >= 0.6 is 0 Å². The SMILES string of the molecule is Cc1cc(C)c(C2C(=O)CC(CCNC(=O)c3ccc[nH]3)C2=O)c(C)c1. The Kier molecular flexibility index (Phi) is 5.07. The van der Waals surface area contributed by atoms with E-state index in [1.165, 1.54) is 0 Å². The number of H-pyrrole nitrogens is 1. The zero-order valence-electron chi connectivity index (χ0n) is 15.4. The normalized spacial score (nSPS) is 19.8. The molecule has 0 radical (unpaired) electrons. The molecule has 0 saturated heterocycles. The van der Waals surface area contributed by atoms with Crippen molar-refractivity contribution in [3.8, 4) is 0 Å². The average Bonchev–Trinajstić information content (AvgIpc) is 3.18. The standard InChI is InChI=1S/C21H24N2O3/c1-12-9-13(2)18(14(3)10-12)19-17(24)11-15(20(19)25)6-8-23-21(26)16-5-4-7-22-16/h4-5,7,9-10,15,19,22H,6,8,11H2,1-3H3,(H,23,26). The molecule has 1 saturated carbocycles. The van der Waals surface area contributed by atoms with Crippen molar-refractivity contribution in [3.63, 3.8) is 0 Å². The molecule has 3 rings (SSSR count). The first-order valence-corrected chi connectivity index (χ1v) is 8.94. The molecule has 2 N–H and O–H groups in total. The molecule has 2 unspecified atom stereocenters. The predicted molar refractivity (Wildman–Crippen MR) is 99.3 cm³/mol. The minimum atomic E-state index is -0.653. The van der Waals surface area contributed by atoms with Crippen LogP contribution < -0.4 is 5.32 Å². The Labute approximate surface area is 153 Å². The molecule has 1 aromatic heterocycles. The summed E-state index contributed by atoms with van der Waals surface area (Å²) in [5, 5.41) is 2.80. The van der Waals surface area contributed by atoms with Crippen molar-refractivity contribution in [2.75, 3.05) is 6.54 Å². The summed E-state index contributed by atoms with van der Waals surface area (Å²) in [5.74, 6) is -1.20. The number of hydrogen-bond donors (Lipinski definition) is 2. The minimum Gasteiger partial charge on any atom is -0.357 e. The Morgan fingerprint density at radius 2 is 1.88 bits per heavy atom. The molecule has 1 fully saturated rings. The molecule has 0 spiro atoms. The van der Waals surface area contributed by atoms with Gasteiger partial charge in [-0.2, -0.15) is 0 Å². The van der Waals surface area contributed by atoms with Crippen LogP contribution in [0, 0.1) is 26.7 Å². The van der Waals surface area contributed by atoms with E-state index in [0.29, 0.717) is 18.7 Å². The number of ketones is 2. The quantitative estimate of drug-likeness (QED) is 0.812. The smallest absolute Gasteiger partial charge is 0.267 e. The van der Waals surface area contributed by atoms with Gasteiger partial charge in [-0.3, -0.25) is 14.4 Å². The van der Waals surface area contributed by atoms with Gasteiger partial charge in [0, 0.05) is 25.1 Å². The van der Waals surface area contributed by atoms with Crippen molar-refractivity contribution in [2.24, 2.45) is 5.92 Å². The first-order chi connectivity index (χ1) is 12.4. The van der Waals surface area contributed by atoms with Gasteiger partial charge in [0.1, 0.15) is 17.4 Å². The van der Waals surface area contributed by atoms with Crippen LogP contribution in [0.15, 0.2) is 30.5 Å². The lowest BCUT2D eigenvalue weighted by molar-refractivity contribution is -0.124. The summed E-state index contributed by atoms with van der Waals surface area (Å²) in [5.41, 5.74) is 4.47. The second-order valence-electron chi connectivity index (χ2n) is 7.14. The lowest BCUT2D eigenvalue weighted by atomic mass is 9.86. The number of amides is 1. The van der Waals surface area contributed by atoms with Crippen molar-refractivity contribution >= 4 is 17.5 Å². The summed E-state index contributed by atoms with van der Waals surface area (Å²) in [7, 11) is 0. The fourth-order valence-corrected chi connectivity index (χ4v) is 3.98. The third-order valence-electron chi connectivity index (χ3n) is 5.10. The third kappa shape index (κ3) is 3.47. The van der Waals surface area contributed by atoms with Crippen molar-refractivity contribution in [3.05, 3.63) is 58.4 Å². The van der Waals surface area contributed by atoms with Crippen molar-refractivity contribution in [2.45, 2.75) is 39.5 Å². The Balaban J connectivity index is 1.67. The number of aryl methyl sites for hydroxylation is 3. The van der Waals surface area contributed by atoms with Crippen LogP contribution in [0.1, 0.15) is 51.5 Å². The number of nitrogens with one attached hydrogen (secondary N) is 2. The number of carbonyl (C=O) groups excluding carboxylic acids is 3. The third-order valence-corrected chi connectivity index (χ3v) is 5.10. The van der Waals surface area contributed by atoms with Gasteiger partial charge in [0.15, 0.2) is 5.78 Å². The van der Waals surface area contributed by atoms with E-state index in [0.717, 1.165) is 22.3 Å². The molecule has 136 valence electrons. The molecule has 1 aromatic carbocycles. The highest BCUT2D eigenvalue weighted by Gasteiger charge is 2.42. The van der Waals surface area contributed by atoms with Gasteiger partial charge in [0.2, 0.25) is 0 Å². The van der Waals surface area contributed by atoms with Gasteiger partial charge in [0.25, 0.3) is 5.91 Å². The first-order valence-electron chi connectivity index (χ1n) is 8.94. The zero-order chi connectivity index (χ0) is 18.8. The molecule has 1 aliphatic rings. The Morgan fingerprint density at radius 1 is 1.19 bits per heavy atom. The molecule has 1 amide bonds. The van der Waals surface area contributed by atoms with Crippen LogP contribution in [0.4, 0.5) is 0 Å². The van der Waals surface area contributed by atoms with E-state index in [1.54, 1.807) is 18.3 Å². The molecule has 5 heteroatoms. The number of hydrogen-bond acceptors (Lipinski definition) is 3. The second-order valence-corrected chi connectivity index (χ2v) is 7.14. The lowest BCUT2D eigenvalue weighted by Gasteiger charge is -2.16. The van der Waals surface area contributed by atoms with Gasteiger partial charge in [-0.15, -0.1) is 0 Å². The van der Waals surface area contributed by atoms with Crippen LogP contribution in [-0.4, -0.2) is 29.0 Å². The summed E-state index contributed by atoms with van der Waals surface area (Å²) in [6, 6.07) is 7.49. The summed E-state index contributed by atoms with van der Waals surface area (Å²) in [4.78, 5) is 40.2. The van der Waals surface area contributed by atoms with Crippen molar-refractivity contribution < 1.29 is 14.4 Å². The summed E-state index contributed by atoms with van der Waals surface area (Å²) >= 11 is 0. The molecule has 1 aliphatic carbocycles. The van der Waals surface area contributed by atoms with E-state index in [1.807, 2.05) is 32.9 Å². The average molecular weight is 352 g/mol. The predicted octanol–water partition coefficient (Wildman–Crippen LogP) is 3.00. The lowest BCUT2D eigenvalue weighted by Crippen LogP contribution is -2.27. The van der Waals surface area contributed by atoms with Gasteiger partial charge in [-0.05, 0) is 56.0 Å². The summed E-state index contributed by atoms with van der Waals surface area (Å²) in [6.07, 6.45) is 2.43. The Morgan fingerprint density at radius 3 is 2.50 bits per heavy atom. The number of carbonyl (C=O) groups is 3. The Hall–Kier alpha value is -2.69. The highest BCUT2D eigenvalue weighted by molar-refractivity contribution is 6.15. The van der Waals surface area contributed by atoms with Crippen molar-refractivity contribution in [1.82, 2.24) is 10.3 Å². The largest absolute Gasteiger partial charge is 0.357 e. The molecule has 0 aliphatic heterocycles.